The van der Waals surface area contributed by atoms with Crippen molar-refractivity contribution in [3.63, 3.8) is 0 Å². The maximum absolute atomic E-state index is 8.44. The minimum absolute atomic E-state index is 0.498. The third-order valence-electron chi connectivity index (χ3n) is 8.80. The lowest BCUT2D eigenvalue weighted by Gasteiger charge is -2.10. The summed E-state index contributed by atoms with van der Waals surface area (Å²) in [6, 6.07) is 55.7. The van der Waals surface area contributed by atoms with Crippen LogP contribution in [0.2, 0.25) is 0 Å². The van der Waals surface area contributed by atoms with Gasteiger partial charge < -0.3 is 9.13 Å². The molecule has 0 amide bonds. The lowest BCUT2D eigenvalue weighted by Crippen LogP contribution is -1.93. The fourth-order valence-corrected chi connectivity index (χ4v) is 6.74. The van der Waals surface area contributed by atoms with Gasteiger partial charge in [0.2, 0.25) is 0 Å². The van der Waals surface area contributed by atoms with Crippen LogP contribution in [0.4, 0.5) is 0 Å². The van der Waals surface area contributed by atoms with Crippen LogP contribution >= 0.6 is 0 Å². The SMILES string of the molecule is [2H]c1ccc2c(c1)c1cc(-c3ccc4c(c3)c3cc([2H])ccc3n4-c3ccc(-c4ccccc4)cc3)ccc1n2-c1ccccc1. The lowest BCUT2D eigenvalue weighted by molar-refractivity contribution is 1.18. The molecule has 7 aromatic carbocycles. The van der Waals surface area contributed by atoms with Gasteiger partial charge in [-0.15, -0.1) is 0 Å². The van der Waals surface area contributed by atoms with E-state index in [0.717, 1.165) is 66.1 Å². The highest BCUT2D eigenvalue weighted by Gasteiger charge is 2.16. The number of hydrogen-bond acceptors (Lipinski definition) is 0. The van der Waals surface area contributed by atoms with E-state index in [4.69, 9.17) is 2.74 Å². The van der Waals surface area contributed by atoms with Gasteiger partial charge in [-0.1, -0.05) is 109 Å². The van der Waals surface area contributed by atoms with E-state index in [9.17, 15) is 0 Å². The van der Waals surface area contributed by atoms with E-state index in [2.05, 4.69) is 130 Å². The molecule has 9 rings (SSSR count). The summed E-state index contributed by atoms with van der Waals surface area (Å²) < 4.78 is 21.4. The van der Waals surface area contributed by atoms with Crippen molar-refractivity contribution in [2.45, 2.75) is 0 Å². The monoisotopic (exact) mass is 562 g/mol. The van der Waals surface area contributed by atoms with Crippen LogP contribution in [0.1, 0.15) is 2.74 Å². The number of nitrogens with zero attached hydrogens (tertiary/aromatic N) is 2. The first-order chi connectivity index (χ1) is 22.6. The molecule has 0 aliphatic rings. The van der Waals surface area contributed by atoms with Gasteiger partial charge in [0.1, 0.15) is 0 Å². The van der Waals surface area contributed by atoms with Crippen LogP contribution < -0.4 is 0 Å². The van der Waals surface area contributed by atoms with Gasteiger partial charge in [0, 0.05) is 32.9 Å². The maximum atomic E-state index is 8.44. The third kappa shape index (κ3) is 3.82. The van der Waals surface area contributed by atoms with Gasteiger partial charge >= 0.3 is 0 Å². The Hall–Kier alpha value is -5.86. The summed E-state index contributed by atoms with van der Waals surface area (Å²) in [6.45, 7) is 0. The van der Waals surface area contributed by atoms with Crippen molar-refractivity contribution in [2.24, 2.45) is 0 Å². The number of fused-ring (bicyclic) bond motifs is 6. The minimum Gasteiger partial charge on any atom is -0.309 e. The fraction of sp³-hybridized carbons (Fsp3) is 0. The van der Waals surface area contributed by atoms with Crippen LogP contribution in [-0.2, 0) is 0 Å². The molecule has 0 aliphatic carbocycles. The van der Waals surface area contributed by atoms with Crippen molar-refractivity contribution in [3.8, 4) is 33.6 Å². The van der Waals surface area contributed by atoms with Gasteiger partial charge in [-0.2, -0.15) is 0 Å². The Morgan fingerprint density at radius 2 is 0.750 bits per heavy atom. The molecule has 0 bridgehead atoms. The van der Waals surface area contributed by atoms with Crippen LogP contribution in [0.15, 0.2) is 170 Å². The summed E-state index contributed by atoms with van der Waals surface area (Å²) in [5.41, 5.74) is 11.2. The molecule has 2 heteroatoms. The van der Waals surface area contributed by atoms with E-state index in [1.807, 2.05) is 36.4 Å². The van der Waals surface area contributed by atoms with E-state index in [-0.39, 0.29) is 0 Å². The second kappa shape index (κ2) is 9.86. The van der Waals surface area contributed by atoms with E-state index in [1.165, 1.54) is 11.1 Å². The molecule has 0 saturated carbocycles. The highest BCUT2D eigenvalue weighted by molar-refractivity contribution is 6.12. The molecule has 0 saturated heterocycles. The second-order valence-electron chi connectivity index (χ2n) is 11.3. The van der Waals surface area contributed by atoms with Crippen LogP contribution in [-0.4, -0.2) is 9.13 Å². The molecule has 0 N–H and O–H groups in total. The molecule has 0 spiro atoms. The van der Waals surface area contributed by atoms with Crippen molar-refractivity contribution in [2.75, 3.05) is 0 Å². The van der Waals surface area contributed by atoms with Gasteiger partial charge in [-0.25, -0.2) is 0 Å². The summed E-state index contributed by atoms with van der Waals surface area (Å²) in [7, 11) is 0. The zero-order chi connectivity index (χ0) is 30.8. The number of rotatable bonds is 4. The van der Waals surface area contributed by atoms with Crippen molar-refractivity contribution >= 4 is 43.6 Å². The lowest BCUT2D eigenvalue weighted by atomic mass is 10.0. The Kier molecular flexibility index (Phi) is 5.09. The molecule has 0 fully saturated rings. The topological polar surface area (TPSA) is 9.86 Å². The Bertz CT molecular complexity index is 2580. The normalized spacial score (nSPS) is 12.3. The van der Waals surface area contributed by atoms with Crippen LogP contribution in [0.3, 0.4) is 0 Å². The van der Waals surface area contributed by atoms with Gasteiger partial charge in [0.05, 0.1) is 24.8 Å². The molecule has 2 nitrogen and oxygen atoms in total. The van der Waals surface area contributed by atoms with Crippen molar-refractivity contribution in [1.82, 2.24) is 9.13 Å². The first-order valence-corrected chi connectivity index (χ1v) is 14.9. The molecule has 206 valence electrons. The first kappa shape index (κ1) is 22.7. The molecule has 9 aromatic rings. The zero-order valence-corrected chi connectivity index (χ0v) is 23.9. The third-order valence-corrected chi connectivity index (χ3v) is 8.80. The molecule has 2 heterocycles. The largest absolute Gasteiger partial charge is 0.309 e. The standard InChI is InChI=1S/C42H28N2/c1-3-11-29(12-4-1)30-19-23-34(24-20-30)44-40-18-10-8-16-36(40)38-28-32(22-26-42(38)44)31-21-25-41-37(27-31)35-15-7-9-17-39(35)43(41)33-13-5-2-6-14-33/h1-28H/i7D,8D. The number of aromatic nitrogens is 2. The average Bonchev–Trinajstić information content (AvgIpc) is 3.60. The number of hydrogen-bond donors (Lipinski definition) is 0. The average molecular weight is 563 g/mol. The highest BCUT2D eigenvalue weighted by atomic mass is 15.0. The minimum atomic E-state index is 0.498. The van der Waals surface area contributed by atoms with Crippen molar-refractivity contribution < 1.29 is 2.74 Å². The van der Waals surface area contributed by atoms with Crippen LogP contribution in [0.5, 0.6) is 0 Å². The summed E-state index contributed by atoms with van der Waals surface area (Å²) in [4.78, 5) is 0. The number of para-hydroxylation sites is 3. The Morgan fingerprint density at radius 3 is 1.30 bits per heavy atom. The Balaban J connectivity index is 1.22. The summed E-state index contributed by atoms with van der Waals surface area (Å²) in [5.74, 6) is 0. The van der Waals surface area contributed by atoms with E-state index in [1.54, 1.807) is 0 Å². The van der Waals surface area contributed by atoms with E-state index >= 15 is 0 Å². The highest BCUT2D eigenvalue weighted by Crippen LogP contribution is 2.38. The zero-order valence-electron chi connectivity index (χ0n) is 25.9. The smallest absolute Gasteiger partial charge is 0.0623 e. The predicted octanol–water partition coefficient (Wildman–Crippen LogP) is 11.2. The molecule has 0 aliphatic heterocycles. The van der Waals surface area contributed by atoms with E-state index < -0.39 is 0 Å². The van der Waals surface area contributed by atoms with Crippen LogP contribution in [0, 0.1) is 0 Å². The maximum Gasteiger partial charge on any atom is 0.0623 e. The molecule has 0 atom stereocenters. The summed E-state index contributed by atoms with van der Waals surface area (Å²) in [5, 5.41) is 4.38. The molecule has 0 unspecified atom stereocenters. The van der Waals surface area contributed by atoms with Gasteiger partial charge in [0.15, 0.2) is 0 Å². The van der Waals surface area contributed by atoms with Crippen LogP contribution in [0.25, 0.3) is 77.2 Å². The molecule has 0 radical (unpaired) electrons. The summed E-state index contributed by atoms with van der Waals surface area (Å²) >= 11 is 0. The van der Waals surface area contributed by atoms with Gasteiger partial charge in [-0.05, 0) is 82.9 Å². The predicted molar refractivity (Wildman–Crippen MR) is 186 cm³/mol. The molecular weight excluding hydrogens is 532 g/mol. The molecule has 2 aromatic heterocycles. The fourth-order valence-electron chi connectivity index (χ4n) is 6.74. The van der Waals surface area contributed by atoms with Gasteiger partial charge in [0.25, 0.3) is 0 Å². The van der Waals surface area contributed by atoms with Crippen molar-refractivity contribution in [1.29, 1.82) is 0 Å². The summed E-state index contributed by atoms with van der Waals surface area (Å²) in [6.07, 6.45) is 0. The van der Waals surface area contributed by atoms with E-state index in [0.29, 0.717) is 12.1 Å². The van der Waals surface area contributed by atoms with Gasteiger partial charge in [-0.3, -0.25) is 0 Å². The molecular formula is C42H28N2. The Labute approximate surface area is 258 Å². The first-order valence-electron chi connectivity index (χ1n) is 15.9. The number of benzene rings is 7. The second-order valence-corrected chi connectivity index (χ2v) is 11.3. The Morgan fingerprint density at radius 1 is 0.318 bits per heavy atom. The quantitative estimate of drug-likeness (QED) is 0.202. The molecule has 44 heavy (non-hydrogen) atoms. The van der Waals surface area contributed by atoms with Crippen molar-refractivity contribution in [3.05, 3.63) is 170 Å².